The number of hydrogen-bond donors (Lipinski definition) is 2. The summed E-state index contributed by atoms with van der Waals surface area (Å²) < 4.78 is 43.4. The van der Waals surface area contributed by atoms with Gasteiger partial charge in [-0.1, -0.05) is 35.9 Å². The van der Waals surface area contributed by atoms with Gasteiger partial charge < -0.3 is 19.1 Å². The summed E-state index contributed by atoms with van der Waals surface area (Å²) in [7, 11) is -2.55. The van der Waals surface area contributed by atoms with Crippen molar-refractivity contribution in [2.75, 3.05) is 20.2 Å². The van der Waals surface area contributed by atoms with Crippen LogP contribution in [0.2, 0.25) is 5.02 Å². The van der Waals surface area contributed by atoms with Crippen LogP contribution in [0.4, 0.5) is 15.3 Å². The van der Waals surface area contributed by atoms with Crippen molar-refractivity contribution >= 4 is 63.4 Å². The molecule has 4 rings (SSSR count). The topological polar surface area (TPSA) is 173 Å². The molecule has 16 heteroatoms. The molecule has 2 N–H and O–H groups in total. The van der Waals surface area contributed by atoms with Gasteiger partial charge in [0.25, 0.3) is 5.91 Å². The molecule has 0 spiro atoms. The summed E-state index contributed by atoms with van der Waals surface area (Å²) in [5.74, 6) is -1.15. The number of hydrogen-bond acceptors (Lipinski definition) is 10. The molecule has 0 bridgehead atoms. The number of carbonyl (C=O) groups excluding carboxylic acids is 4. The van der Waals surface area contributed by atoms with Crippen LogP contribution < -0.4 is 10.6 Å². The summed E-state index contributed by atoms with van der Waals surface area (Å²) in [5, 5.41) is 6.51. The molecular formula is C39H46ClN5O9S. The summed E-state index contributed by atoms with van der Waals surface area (Å²) in [6, 6.07) is 19.0. The second kappa shape index (κ2) is 17.9. The monoisotopic (exact) mass is 795 g/mol. The number of esters is 1. The third-order valence-corrected chi connectivity index (χ3v) is 9.60. The van der Waals surface area contributed by atoms with Gasteiger partial charge in [0.15, 0.2) is 0 Å². The minimum atomic E-state index is -3.83. The van der Waals surface area contributed by atoms with E-state index in [0.29, 0.717) is 28.1 Å². The Bertz CT molecular complexity index is 1990. The molecule has 1 atom stereocenters. The normalized spacial score (nSPS) is 14.9. The number of rotatable bonds is 9. The average Bonchev–Trinajstić information content (AvgIpc) is 3.60. The van der Waals surface area contributed by atoms with E-state index in [9.17, 15) is 27.6 Å². The molecule has 1 aliphatic heterocycles. The van der Waals surface area contributed by atoms with Crippen LogP contribution in [-0.4, -0.2) is 85.1 Å². The molecule has 294 valence electrons. The zero-order valence-corrected chi connectivity index (χ0v) is 33.4. The number of sulfonamides is 1. The lowest BCUT2D eigenvalue weighted by Crippen LogP contribution is -2.47. The van der Waals surface area contributed by atoms with E-state index in [1.165, 1.54) is 41.8 Å². The summed E-state index contributed by atoms with van der Waals surface area (Å²) in [4.78, 5) is 57.3. The molecule has 3 aromatic rings. The highest BCUT2D eigenvalue weighted by Gasteiger charge is 2.36. The maximum atomic E-state index is 14.2. The Morgan fingerprint density at radius 2 is 1.40 bits per heavy atom. The highest BCUT2D eigenvalue weighted by atomic mass is 35.5. The first-order valence-corrected chi connectivity index (χ1v) is 19.2. The first-order chi connectivity index (χ1) is 25.7. The van der Waals surface area contributed by atoms with Gasteiger partial charge in [0.05, 0.1) is 18.4 Å². The average molecular weight is 796 g/mol. The van der Waals surface area contributed by atoms with Gasteiger partial charge in [-0.05, 0) is 114 Å². The Morgan fingerprint density at radius 1 is 0.855 bits per heavy atom. The van der Waals surface area contributed by atoms with Gasteiger partial charge in [-0.25, -0.2) is 27.8 Å². The predicted octanol–water partition coefficient (Wildman–Crippen LogP) is 6.88. The fourth-order valence-electron chi connectivity index (χ4n) is 5.31. The molecular weight excluding hydrogens is 750 g/mol. The van der Waals surface area contributed by atoms with Crippen molar-refractivity contribution in [3.63, 3.8) is 0 Å². The zero-order chi connectivity index (χ0) is 40.6. The second-order valence-electron chi connectivity index (χ2n) is 14.6. The third kappa shape index (κ3) is 13.2. The van der Waals surface area contributed by atoms with Crippen LogP contribution in [0, 0.1) is 0 Å². The summed E-state index contributed by atoms with van der Waals surface area (Å²) in [5.41, 5.74) is 0.604. The minimum absolute atomic E-state index is 0.0533. The number of methoxy groups -OCH3 is 1. The van der Waals surface area contributed by atoms with Crippen molar-refractivity contribution < 1.29 is 41.8 Å². The van der Waals surface area contributed by atoms with Crippen molar-refractivity contribution in [2.24, 2.45) is 4.99 Å². The zero-order valence-electron chi connectivity index (χ0n) is 31.8. The molecule has 1 aliphatic rings. The molecule has 55 heavy (non-hydrogen) atoms. The van der Waals surface area contributed by atoms with E-state index < -0.39 is 45.4 Å². The molecule has 1 saturated heterocycles. The predicted molar refractivity (Wildman–Crippen MR) is 209 cm³/mol. The molecule has 1 heterocycles. The highest BCUT2D eigenvalue weighted by Crippen LogP contribution is 2.25. The molecule has 3 amide bonds. The van der Waals surface area contributed by atoms with Crippen LogP contribution in [0.25, 0.3) is 6.08 Å². The number of nitrogens with zero attached hydrogens (tertiary/aromatic N) is 3. The van der Waals surface area contributed by atoms with Gasteiger partial charge >= 0.3 is 18.2 Å². The minimum Gasteiger partial charge on any atom is -0.465 e. The Labute approximate surface area is 326 Å². The third-order valence-electron chi connectivity index (χ3n) is 7.81. The molecule has 1 fully saturated rings. The number of carbonyl (C=O) groups is 4. The number of alkyl carbamates (subject to hydrolysis) is 2. The maximum absolute atomic E-state index is 14.2. The second-order valence-corrected chi connectivity index (χ2v) is 16.8. The molecule has 1 unspecified atom stereocenters. The molecule has 0 saturated carbocycles. The van der Waals surface area contributed by atoms with E-state index in [2.05, 4.69) is 15.6 Å². The molecule has 3 aromatic carbocycles. The maximum Gasteiger partial charge on any atom is 0.414 e. The van der Waals surface area contributed by atoms with Crippen molar-refractivity contribution in [2.45, 2.75) is 71.8 Å². The Kier molecular flexibility index (Phi) is 13.8. The molecule has 0 aromatic heterocycles. The van der Waals surface area contributed by atoms with Crippen LogP contribution in [0.3, 0.4) is 0 Å². The standard InChI is InChI=1S/C39H46ClN5O9S/c1-38(2,3)53-36(48)42-35(43-37(49)54-39(4,5)6)41-31-18-14-28(15-19-31)33(46)45(24-27-8-12-29(13-9-27)34(47)52-7)32-20-22-44(25-32)55(50,51)23-21-26-10-16-30(40)17-11-26/h8-19,21,23,32H,20,22,24-25H2,1-7H3,(H2,41,42,43,48,49)/b23-21+. The van der Waals surface area contributed by atoms with E-state index in [1.807, 2.05) is 0 Å². The SMILES string of the molecule is COC(=O)c1ccc(CN(C(=O)c2ccc(N=C(NC(=O)OC(C)(C)C)NC(=O)OC(C)(C)C)cc2)C2CCN(S(=O)(=O)/C=C/c3ccc(Cl)cc3)C2)cc1. The van der Waals surface area contributed by atoms with Gasteiger partial charge in [0.2, 0.25) is 16.0 Å². The van der Waals surface area contributed by atoms with E-state index in [4.69, 9.17) is 25.8 Å². The van der Waals surface area contributed by atoms with Gasteiger partial charge in [-0.3, -0.25) is 15.4 Å². The van der Waals surface area contributed by atoms with Crippen molar-refractivity contribution in [3.8, 4) is 0 Å². The molecule has 0 aliphatic carbocycles. The Morgan fingerprint density at radius 3 is 1.93 bits per heavy atom. The lowest BCUT2D eigenvalue weighted by molar-refractivity contribution is 0.0541. The van der Waals surface area contributed by atoms with E-state index in [1.54, 1.807) is 95.0 Å². The van der Waals surface area contributed by atoms with Crippen LogP contribution >= 0.6 is 11.6 Å². The number of benzene rings is 3. The smallest absolute Gasteiger partial charge is 0.414 e. The number of aliphatic imine (C=N–C) groups is 1. The summed E-state index contributed by atoms with van der Waals surface area (Å²) in [6.45, 7) is 10.5. The number of guanidine groups is 1. The van der Waals surface area contributed by atoms with Gasteiger partial charge in [-0.15, -0.1) is 0 Å². The van der Waals surface area contributed by atoms with E-state index in [-0.39, 0.29) is 42.8 Å². The van der Waals surface area contributed by atoms with E-state index in [0.717, 1.165) is 5.41 Å². The quantitative estimate of drug-likeness (QED) is 0.101. The van der Waals surface area contributed by atoms with Gasteiger partial charge in [-0.2, -0.15) is 4.31 Å². The molecule has 0 radical (unpaired) electrons. The first kappa shape index (κ1) is 42.5. The van der Waals surface area contributed by atoms with Crippen molar-refractivity contribution in [1.82, 2.24) is 19.8 Å². The van der Waals surface area contributed by atoms with Crippen molar-refractivity contribution in [1.29, 1.82) is 0 Å². The highest BCUT2D eigenvalue weighted by molar-refractivity contribution is 7.92. The lowest BCUT2D eigenvalue weighted by Gasteiger charge is -2.29. The fourth-order valence-corrected chi connectivity index (χ4v) is 6.68. The number of nitrogens with one attached hydrogen (secondary N) is 2. The summed E-state index contributed by atoms with van der Waals surface area (Å²) in [6.07, 6.45) is 0.139. The van der Waals surface area contributed by atoms with Crippen LogP contribution in [0.1, 0.15) is 79.8 Å². The van der Waals surface area contributed by atoms with Crippen LogP contribution in [0.15, 0.2) is 83.2 Å². The van der Waals surface area contributed by atoms with E-state index >= 15 is 0 Å². The fraction of sp³-hybridized carbons (Fsp3) is 0.359. The number of amides is 3. The van der Waals surface area contributed by atoms with Crippen molar-refractivity contribution in [3.05, 3.63) is 105 Å². The summed E-state index contributed by atoms with van der Waals surface area (Å²) >= 11 is 5.96. The van der Waals surface area contributed by atoms with Crippen LogP contribution in [-0.2, 0) is 30.8 Å². The van der Waals surface area contributed by atoms with Crippen LogP contribution in [0.5, 0.6) is 0 Å². The first-order valence-electron chi connectivity index (χ1n) is 17.3. The molecule has 14 nitrogen and oxygen atoms in total. The Hall–Kier alpha value is -5.25. The largest absolute Gasteiger partial charge is 0.465 e. The van der Waals surface area contributed by atoms with Gasteiger partial charge in [0.1, 0.15) is 11.2 Å². The lowest BCUT2D eigenvalue weighted by atomic mass is 10.1. The Balaban J connectivity index is 1.60. The number of ether oxygens (including phenoxy) is 3. The number of halogens is 1. The van der Waals surface area contributed by atoms with Gasteiger partial charge in [0, 0.05) is 41.7 Å².